The van der Waals surface area contributed by atoms with Gasteiger partial charge >= 0.3 is 12.1 Å². The second-order valence-electron chi connectivity index (χ2n) is 3.49. The zero-order valence-corrected chi connectivity index (χ0v) is 9.28. The summed E-state index contributed by atoms with van der Waals surface area (Å²) in [5.41, 5.74) is -2.13. The summed E-state index contributed by atoms with van der Waals surface area (Å²) in [4.78, 5) is 21.8. The van der Waals surface area contributed by atoms with Crippen LogP contribution in [0.5, 0.6) is 0 Å². The van der Waals surface area contributed by atoms with E-state index in [0.717, 1.165) is 6.07 Å². The number of hydrogen-bond acceptors (Lipinski definition) is 3. The fourth-order valence-electron chi connectivity index (χ4n) is 1.26. The molecule has 8 heteroatoms. The Morgan fingerprint density at radius 1 is 1.32 bits per heavy atom. The largest absolute Gasteiger partial charge is 0.478 e. The molecule has 0 aliphatic heterocycles. The van der Waals surface area contributed by atoms with E-state index in [-0.39, 0.29) is 5.69 Å². The Bertz CT molecular complexity index is 561. The number of hydrogen-bond donors (Lipinski definition) is 2. The van der Waals surface area contributed by atoms with E-state index >= 15 is 0 Å². The third kappa shape index (κ3) is 3.99. The molecule has 0 fully saturated rings. The van der Waals surface area contributed by atoms with Gasteiger partial charge in [0, 0.05) is 5.69 Å². The molecule has 0 unspecified atom stereocenters. The first-order valence-electron chi connectivity index (χ1n) is 4.86. The quantitative estimate of drug-likeness (QED) is 0.883. The van der Waals surface area contributed by atoms with Gasteiger partial charge in [-0.2, -0.15) is 18.4 Å². The lowest BCUT2D eigenvalue weighted by atomic mass is 10.1. The van der Waals surface area contributed by atoms with Crippen LogP contribution in [0.2, 0.25) is 0 Å². The number of carbonyl (C=O) groups excluding carboxylic acids is 1. The van der Waals surface area contributed by atoms with Crippen LogP contribution in [0.3, 0.4) is 0 Å². The number of aromatic carboxylic acids is 1. The van der Waals surface area contributed by atoms with Gasteiger partial charge in [0.05, 0.1) is 17.2 Å². The third-order valence-electron chi connectivity index (χ3n) is 2.03. The SMILES string of the molecule is N#CCC(=O)Nc1cc(C(=O)O)cc(C(F)(F)F)c1. The van der Waals surface area contributed by atoms with E-state index in [2.05, 4.69) is 0 Å². The van der Waals surface area contributed by atoms with Gasteiger partial charge in [0.15, 0.2) is 0 Å². The molecule has 1 rings (SSSR count). The smallest absolute Gasteiger partial charge is 0.416 e. The molecule has 0 aliphatic carbocycles. The summed E-state index contributed by atoms with van der Waals surface area (Å²) < 4.78 is 37.6. The number of amides is 1. The second kappa shape index (κ2) is 5.39. The van der Waals surface area contributed by atoms with Gasteiger partial charge in [0.25, 0.3) is 0 Å². The summed E-state index contributed by atoms with van der Waals surface area (Å²) >= 11 is 0. The Kier molecular flexibility index (Phi) is 4.11. The minimum Gasteiger partial charge on any atom is -0.478 e. The van der Waals surface area contributed by atoms with Crippen molar-refractivity contribution in [3.63, 3.8) is 0 Å². The fraction of sp³-hybridized carbons (Fsp3) is 0.182. The molecule has 0 aromatic heterocycles. The van der Waals surface area contributed by atoms with Crippen molar-refractivity contribution in [2.45, 2.75) is 12.6 Å². The first-order valence-corrected chi connectivity index (χ1v) is 4.86. The predicted molar refractivity (Wildman–Crippen MR) is 57.3 cm³/mol. The van der Waals surface area contributed by atoms with Crippen molar-refractivity contribution in [1.82, 2.24) is 0 Å². The predicted octanol–water partition coefficient (Wildman–Crippen LogP) is 2.26. The number of alkyl halides is 3. The van der Waals surface area contributed by atoms with Crippen LogP contribution in [-0.2, 0) is 11.0 Å². The van der Waals surface area contributed by atoms with Gasteiger partial charge in [0.1, 0.15) is 6.42 Å². The maximum atomic E-state index is 12.5. The molecule has 0 atom stereocenters. The van der Waals surface area contributed by atoms with Gasteiger partial charge in [-0.15, -0.1) is 0 Å². The van der Waals surface area contributed by atoms with E-state index in [1.807, 2.05) is 5.32 Å². The number of halogens is 3. The van der Waals surface area contributed by atoms with E-state index < -0.39 is 35.6 Å². The number of rotatable bonds is 3. The lowest BCUT2D eigenvalue weighted by molar-refractivity contribution is -0.137. The molecule has 100 valence electrons. The second-order valence-corrected chi connectivity index (χ2v) is 3.49. The summed E-state index contributed by atoms with van der Waals surface area (Å²) in [7, 11) is 0. The normalized spacial score (nSPS) is 10.6. The first kappa shape index (κ1) is 14.5. The Morgan fingerprint density at radius 2 is 1.95 bits per heavy atom. The van der Waals surface area contributed by atoms with Crippen LogP contribution in [0.1, 0.15) is 22.3 Å². The molecule has 19 heavy (non-hydrogen) atoms. The highest BCUT2D eigenvalue weighted by Crippen LogP contribution is 2.32. The highest BCUT2D eigenvalue weighted by atomic mass is 19.4. The molecule has 0 saturated heterocycles. The molecule has 1 aromatic rings. The van der Waals surface area contributed by atoms with Crippen molar-refractivity contribution in [3.8, 4) is 6.07 Å². The lowest BCUT2D eigenvalue weighted by Gasteiger charge is -2.11. The Morgan fingerprint density at radius 3 is 2.42 bits per heavy atom. The van der Waals surface area contributed by atoms with E-state index in [4.69, 9.17) is 10.4 Å². The number of nitrogens with zero attached hydrogens (tertiary/aromatic N) is 1. The zero-order valence-electron chi connectivity index (χ0n) is 9.28. The summed E-state index contributed by atoms with van der Waals surface area (Å²) in [5.74, 6) is -2.37. The van der Waals surface area contributed by atoms with Crippen molar-refractivity contribution >= 4 is 17.6 Å². The van der Waals surface area contributed by atoms with Crippen molar-refractivity contribution in [2.75, 3.05) is 5.32 Å². The maximum Gasteiger partial charge on any atom is 0.416 e. The fourth-order valence-corrected chi connectivity index (χ4v) is 1.26. The lowest BCUT2D eigenvalue weighted by Crippen LogP contribution is -2.13. The minimum absolute atomic E-state index is 0.326. The maximum absolute atomic E-state index is 12.5. The average molecular weight is 272 g/mol. The molecule has 0 spiro atoms. The van der Waals surface area contributed by atoms with Gasteiger partial charge in [-0.1, -0.05) is 0 Å². The highest BCUT2D eigenvalue weighted by molar-refractivity contribution is 5.95. The van der Waals surface area contributed by atoms with Crippen LogP contribution in [-0.4, -0.2) is 17.0 Å². The van der Waals surface area contributed by atoms with Crippen LogP contribution in [0.15, 0.2) is 18.2 Å². The van der Waals surface area contributed by atoms with Crippen molar-refractivity contribution < 1.29 is 27.9 Å². The molecule has 0 heterocycles. The molecule has 0 bridgehead atoms. The van der Waals surface area contributed by atoms with Gasteiger partial charge in [0.2, 0.25) is 5.91 Å². The molecular formula is C11H7F3N2O3. The van der Waals surface area contributed by atoms with E-state index in [0.29, 0.717) is 12.1 Å². The Labute approximate surface area is 105 Å². The molecule has 0 radical (unpaired) electrons. The van der Waals surface area contributed by atoms with Crippen LogP contribution < -0.4 is 5.32 Å². The van der Waals surface area contributed by atoms with Gasteiger partial charge in [-0.3, -0.25) is 4.79 Å². The van der Waals surface area contributed by atoms with Crippen LogP contribution in [0, 0.1) is 11.3 Å². The third-order valence-corrected chi connectivity index (χ3v) is 2.03. The van der Waals surface area contributed by atoms with Gasteiger partial charge in [-0.05, 0) is 18.2 Å². The number of nitrogens with one attached hydrogen (secondary N) is 1. The zero-order chi connectivity index (χ0) is 14.6. The van der Waals surface area contributed by atoms with E-state index in [1.165, 1.54) is 6.07 Å². The summed E-state index contributed by atoms with van der Waals surface area (Å²) in [5, 5.41) is 19.0. The monoisotopic (exact) mass is 272 g/mol. The number of benzene rings is 1. The van der Waals surface area contributed by atoms with Gasteiger partial charge < -0.3 is 10.4 Å². The molecule has 0 aliphatic rings. The number of carboxylic acids is 1. The van der Waals surface area contributed by atoms with Crippen molar-refractivity contribution in [1.29, 1.82) is 5.26 Å². The molecule has 0 saturated carbocycles. The molecule has 1 aromatic carbocycles. The van der Waals surface area contributed by atoms with Crippen LogP contribution in [0.4, 0.5) is 18.9 Å². The number of nitriles is 1. The van der Waals surface area contributed by atoms with E-state index in [1.54, 1.807) is 0 Å². The average Bonchev–Trinajstić information content (AvgIpc) is 2.27. The number of carbonyl (C=O) groups is 2. The van der Waals surface area contributed by atoms with Gasteiger partial charge in [-0.25, -0.2) is 4.79 Å². The first-order chi connectivity index (χ1) is 8.74. The summed E-state index contributed by atoms with van der Waals surface area (Å²) in [6.07, 6.45) is -5.28. The summed E-state index contributed by atoms with van der Waals surface area (Å²) in [6, 6.07) is 3.46. The molecule has 2 N–H and O–H groups in total. The van der Waals surface area contributed by atoms with Crippen LogP contribution >= 0.6 is 0 Å². The minimum atomic E-state index is -4.74. The number of anilines is 1. The topological polar surface area (TPSA) is 90.2 Å². The molecular weight excluding hydrogens is 265 g/mol. The Balaban J connectivity index is 3.18. The highest BCUT2D eigenvalue weighted by Gasteiger charge is 2.32. The van der Waals surface area contributed by atoms with Crippen molar-refractivity contribution in [3.05, 3.63) is 29.3 Å². The van der Waals surface area contributed by atoms with Crippen molar-refractivity contribution in [2.24, 2.45) is 0 Å². The van der Waals surface area contributed by atoms with E-state index in [9.17, 15) is 22.8 Å². The van der Waals surface area contributed by atoms with Crippen LogP contribution in [0.25, 0.3) is 0 Å². The molecule has 1 amide bonds. The molecule has 5 nitrogen and oxygen atoms in total. The standard InChI is InChI=1S/C11H7F3N2O3/c12-11(13,14)7-3-6(10(18)19)4-8(5-7)16-9(17)1-2-15/h3-5H,1H2,(H,16,17)(H,18,19). The Hall–Kier alpha value is -2.56. The number of carboxylic acid groups (broad SMARTS) is 1. The summed E-state index contributed by atoms with van der Waals surface area (Å²) in [6.45, 7) is 0.